The van der Waals surface area contributed by atoms with Gasteiger partial charge in [0.25, 0.3) is 0 Å². The first-order valence-corrected chi connectivity index (χ1v) is 9.39. The van der Waals surface area contributed by atoms with Crippen molar-refractivity contribution in [3.63, 3.8) is 0 Å². The van der Waals surface area contributed by atoms with Gasteiger partial charge in [-0.25, -0.2) is 4.79 Å². The lowest BCUT2D eigenvalue weighted by Crippen LogP contribution is -2.21. The maximum atomic E-state index is 12.9. The van der Waals surface area contributed by atoms with Gasteiger partial charge < -0.3 is 14.8 Å². The van der Waals surface area contributed by atoms with Gasteiger partial charge in [0, 0.05) is 27.4 Å². The molecule has 0 bridgehead atoms. The van der Waals surface area contributed by atoms with Crippen molar-refractivity contribution >= 4 is 63.4 Å². The summed E-state index contributed by atoms with van der Waals surface area (Å²) in [5, 5.41) is 12.3. The van der Waals surface area contributed by atoms with Crippen LogP contribution >= 0.6 is 23.2 Å². The van der Waals surface area contributed by atoms with E-state index in [0.29, 0.717) is 39.6 Å². The van der Waals surface area contributed by atoms with E-state index in [0.717, 1.165) is 11.1 Å². The molecule has 8 heteroatoms. The number of amides is 1. The summed E-state index contributed by atoms with van der Waals surface area (Å²) in [5.74, 6) is -2.31. The number of rotatable bonds is 2. The number of benzene rings is 2. The van der Waals surface area contributed by atoms with Crippen LogP contribution in [0.4, 0.5) is 5.69 Å². The summed E-state index contributed by atoms with van der Waals surface area (Å²) in [6, 6.07) is 9.56. The minimum absolute atomic E-state index is 0.150. The molecule has 0 atom stereocenters. The Hall–Kier alpha value is -3.09. The lowest BCUT2D eigenvalue weighted by molar-refractivity contribution is -0.147. The van der Waals surface area contributed by atoms with Crippen LogP contribution in [0.15, 0.2) is 45.6 Å². The highest BCUT2D eigenvalue weighted by Gasteiger charge is 2.24. The van der Waals surface area contributed by atoms with Gasteiger partial charge in [0.05, 0.1) is 5.39 Å². The number of aliphatic carboxylic acids is 1. The molecule has 3 aromatic rings. The SMILES string of the molecule is O=C(O)C(=O)Nc1ccc2c(=O)c3c(oc2c1)/C(=C/c1ccc(Cl)cc1Cl)CC3. The van der Waals surface area contributed by atoms with E-state index in [1.165, 1.54) is 18.2 Å². The Morgan fingerprint density at radius 3 is 2.62 bits per heavy atom. The summed E-state index contributed by atoms with van der Waals surface area (Å²) < 4.78 is 5.98. The van der Waals surface area contributed by atoms with Crippen LogP contribution in [0.3, 0.4) is 0 Å². The smallest absolute Gasteiger partial charge is 0.394 e. The zero-order valence-corrected chi connectivity index (χ0v) is 16.3. The number of hydrogen-bond acceptors (Lipinski definition) is 4. The monoisotopic (exact) mass is 429 g/mol. The fraction of sp³-hybridized carbons (Fsp3) is 0.0952. The standard InChI is InChI=1S/C21H13Cl2NO5/c22-12-3-1-10(16(23)8-12)7-11-2-5-15-18(25)14-6-4-13(24-20(26)21(27)28)9-17(14)29-19(11)15/h1,3-4,6-9H,2,5H2,(H,24,26)(H,27,28)/b11-7+. The second-order valence-corrected chi connectivity index (χ2v) is 7.39. The van der Waals surface area contributed by atoms with Gasteiger partial charge in [0.2, 0.25) is 0 Å². The van der Waals surface area contributed by atoms with Crippen molar-refractivity contribution in [3.8, 4) is 0 Å². The average Bonchev–Trinajstić information content (AvgIpc) is 3.07. The number of hydrogen-bond donors (Lipinski definition) is 2. The van der Waals surface area contributed by atoms with E-state index in [1.807, 2.05) is 6.08 Å². The highest BCUT2D eigenvalue weighted by atomic mass is 35.5. The molecule has 2 aromatic carbocycles. The third-order valence-electron chi connectivity index (χ3n) is 4.67. The third kappa shape index (κ3) is 3.64. The van der Waals surface area contributed by atoms with Crippen LogP contribution in [0.5, 0.6) is 0 Å². The first-order chi connectivity index (χ1) is 13.8. The summed E-state index contributed by atoms with van der Waals surface area (Å²) in [4.78, 5) is 35.0. The molecular weight excluding hydrogens is 417 g/mol. The van der Waals surface area contributed by atoms with Gasteiger partial charge in [0.1, 0.15) is 11.3 Å². The van der Waals surface area contributed by atoms with Gasteiger partial charge in [-0.3, -0.25) is 9.59 Å². The Labute approximate surface area is 174 Å². The molecule has 1 amide bonds. The average molecular weight is 430 g/mol. The zero-order valence-electron chi connectivity index (χ0n) is 14.8. The van der Waals surface area contributed by atoms with Crippen LogP contribution in [0.1, 0.15) is 23.3 Å². The number of carbonyl (C=O) groups excluding carboxylic acids is 1. The van der Waals surface area contributed by atoms with Crippen molar-refractivity contribution in [2.24, 2.45) is 0 Å². The summed E-state index contributed by atoms with van der Waals surface area (Å²) in [5.41, 5.74) is 2.48. The highest BCUT2D eigenvalue weighted by Crippen LogP contribution is 2.36. The lowest BCUT2D eigenvalue weighted by atomic mass is 10.1. The van der Waals surface area contributed by atoms with Crippen LogP contribution in [0, 0.1) is 0 Å². The summed E-state index contributed by atoms with van der Waals surface area (Å²) in [7, 11) is 0. The maximum absolute atomic E-state index is 12.9. The second-order valence-electron chi connectivity index (χ2n) is 6.54. The van der Waals surface area contributed by atoms with E-state index in [-0.39, 0.29) is 16.7 Å². The first kappa shape index (κ1) is 19.2. The van der Waals surface area contributed by atoms with E-state index in [9.17, 15) is 14.4 Å². The topological polar surface area (TPSA) is 96.6 Å². The van der Waals surface area contributed by atoms with Crippen molar-refractivity contribution < 1.29 is 19.1 Å². The maximum Gasteiger partial charge on any atom is 0.394 e. The van der Waals surface area contributed by atoms with Gasteiger partial charge >= 0.3 is 11.9 Å². The summed E-state index contributed by atoms with van der Waals surface area (Å²) in [6.45, 7) is 0. The van der Waals surface area contributed by atoms with E-state index in [1.54, 1.807) is 18.2 Å². The molecule has 4 rings (SSSR count). The molecule has 6 nitrogen and oxygen atoms in total. The molecule has 29 heavy (non-hydrogen) atoms. The number of carbonyl (C=O) groups is 2. The fourth-order valence-corrected chi connectivity index (χ4v) is 3.76. The van der Waals surface area contributed by atoms with Crippen molar-refractivity contribution in [2.45, 2.75) is 12.8 Å². The minimum atomic E-state index is -1.61. The molecule has 1 aromatic heterocycles. The first-order valence-electron chi connectivity index (χ1n) is 8.63. The second kappa shape index (κ2) is 7.39. The van der Waals surface area contributed by atoms with E-state index >= 15 is 0 Å². The highest BCUT2D eigenvalue weighted by molar-refractivity contribution is 6.36. The van der Waals surface area contributed by atoms with Gasteiger partial charge in [-0.05, 0) is 54.3 Å². The number of anilines is 1. The normalized spacial score (nSPS) is 14.2. The molecule has 146 valence electrons. The van der Waals surface area contributed by atoms with Gasteiger partial charge in [-0.2, -0.15) is 0 Å². The number of allylic oxidation sites excluding steroid dienone is 1. The molecule has 0 saturated carbocycles. The third-order valence-corrected chi connectivity index (χ3v) is 5.23. The van der Waals surface area contributed by atoms with Gasteiger partial charge in [-0.15, -0.1) is 0 Å². The van der Waals surface area contributed by atoms with Crippen LogP contribution in [-0.4, -0.2) is 17.0 Å². The van der Waals surface area contributed by atoms with Crippen LogP contribution < -0.4 is 10.7 Å². The fourth-order valence-electron chi connectivity index (χ4n) is 3.30. The predicted molar refractivity (Wildman–Crippen MR) is 111 cm³/mol. The number of carboxylic acids is 1. The summed E-state index contributed by atoms with van der Waals surface area (Å²) >= 11 is 12.2. The lowest BCUT2D eigenvalue weighted by Gasteiger charge is -2.07. The molecule has 0 unspecified atom stereocenters. The Morgan fingerprint density at radius 1 is 1.10 bits per heavy atom. The predicted octanol–water partition coefficient (Wildman–Crippen LogP) is 4.61. The number of carboxylic acid groups (broad SMARTS) is 1. The quantitative estimate of drug-likeness (QED) is 0.579. The molecule has 0 fully saturated rings. The van der Waals surface area contributed by atoms with Crippen molar-refractivity contribution in [1.82, 2.24) is 0 Å². The van der Waals surface area contributed by atoms with Crippen molar-refractivity contribution in [3.05, 3.63) is 73.6 Å². The van der Waals surface area contributed by atoms with Gasteiger partial charge in [-0.1, -0.05) is 29.3 Å². The van der Waals surface area contributed by atoms with Crippen molar-refractivity contribution in [2.75, 3.05) is 5.32 Å². The van der Waals surface area contributed by atoms with Gasteiger partial charge in [0.15, 0.2) is 5.43 Å². The molecule has 1 aliphatic rings. The van der Waals surface area contributed by atoms with E-state index in [4.69, 9.17) is 32.7 Å². The van der Waals surface area contributed by atoms with E-state index in [2.05, 4.69) is 5.32 Å². The van der Waals surface area contributed by atoms with Crippen LogP contribution in [0.2, 0.25) is 10.0 Å². The molecule has 0 saturated heterocycles. The number of fused-ring (bicyclic) bond motifs is 2. The minimum Gasteiger partial charge on any atom is -0.474 e. The Bertz CT molecular complexity index is 1280. The summed E-state index contributed by atoms with van der Waals surface area (Å²) in [6.07, 6.45) is 3.02. The Balaban J connectivity index is 1.80. The molecule has 0 aliphatic heterocycles. The van der Waals surface area contributed by atoms with E-state index < -0.39 is 11.9 Å². The molecule has 1 aliphatic carbocycles. The molecular formula is C21H13Cl2NO5. The van der Waals surface area contributed by atoms with Crippen LogP contribution in [-0.2, 0) is 16.0 Å². The van der Waals surface area contributed by atoms with Crippen LogP contribution in [0.25, 0.3) is 22.6 Å². The molecule has 0 radical (unpaired) electrons. The molecule has 2 N–H and O–H groups in total. The largest absolute Gasteiger partial charge is 0.474 e. The molecule has 1 heterocycles. The number of nitrogens with one attached hydrogen (secondary N) is 1. The number of halogens is 2. The Morgan fingerprint density at radius 2 is 1.90 bits per heavy atom. The zero-order chi connectivity index (χ0) is 20.7. The molecule has 0 spiro atoms. The van der Waals surface area contributed by atoms with Crippen molar-refractivity contribution in [1.29, 1.82) is 0 Å². The Kier molecular flexibility index (Phi) is 4.90.